The molecule has 0 spiro atoms. The number of amides is 3. The van der Waals surface area contributed by atoms with Crippen molar-refractivity contribution >= 4 is 17.7 Å². The van der Waals surface area contributed by atoms with Crippen LogP contribution >= 0.6 is 0 Å². The summed E-state index contributed by atoms with van der Waals surface area (Å²) in [5.41, 5.74) is 0. The van der Waals surface area contributed by atoms with Crippen LogP contribution < -0.4 is 0 Å². The Balaban J connectivity index is 3.19. The van der Waals surface area contributed by atoms with Gasteiger partial charge in [0.05, 0.1) is 20.0 Å². The van der Waals surface area contributed by atoms with Crippen LogP contribution in [0.1, 0.15) is 330 Å². The SMILES string of the molecule is CCCCCCCCCN(CCCCCCCCC)CCC(=O)N1CN(C(=O)CCN(CCCCCCCCC)CCCCCCCCC)CN(C(=O)CCN(CCCCCCCCC)CCCCCCCCC)C1. The lowest BCUT2D eigenvalue weighted by atomic mass is 10.1. The average molecular weight is 1060 g/mol. The molecule has 0 saturated carbocycles. The van der Waals surface area contributed by atoms with E-state index in [1.165, 1.54) is 270 Å². The van der Waals surface area contributed by atoms with E-state index in [1.807, 2.05) is 14.7 Å². The Kier molecular flexibility index (Phi) is 51.6. The van der Waals surface area contributed by atoms with Gasteiger partial charge in [-0.05, 0) is 77.8 Å². The zero-order valence-electron chi connectivity index (χ0n) is 51.7. The number of carbonyl (C=O) groups is 3. The van der Waals surface area contributed by atoms with Crippen molar-refractivity contribution in [1.82, 2.24) is 29.4 Å². The number of rotatable bonds is 57. The molecule has 0 unspecified atom stereocenters. The van der Waals surface area contributed by atoms with Crippen LogP contribution in [-0.4, -0.2) is 126 Å². The van der Waals surface area contributed by atoms with Crippen LogP contribution in [0, 0.1) is 0 Å². The molecule has 0 aliphatic carbocycles. The first-order valence-electron chi connectivity index (χ1n) is 33.8. The Labute approximate surface area is 468 Å². The number of unbranched alkanes of at least 4 members (excludes halogenated alkanes) is 36. The van der Waals surface area contributed by atoms with E-state index >= 15 is 0 Å². The lowest BCUT2D eigenvalue weighted by Crippen LogP contribution is -2.60. The smallest absolute Gasteiger partial charge is 0.226 e. The highest BCUT2D eigenvalue weighted by Gasteiger charge is 2.32. The van der Waals surface area contributed by atoms with Crippen molar-refractivity contribution in [2.45, 2.75) is 330 Å². The summed E-state index contributed by atoms with van der Waals surface area (Å²) >= 11 is 0. The first-order valence-corrected chi connectivity index (χ1v) is 33.8. The minimum Gasteiger partial charge on any atom is -0.307 e. The molecule has 444 valence electrons. The Bertz CT molecular complexity index is 1040. The largest absolute Gasteiger partial charge is 0.307 e. The molecule has 0 aromatic heterocycles. The minimum absolute atomic E-state index is 0.0773. The second-order valence-corrected chi connectivity index (χ2v) is 23.7. The standard InChI is InChI=1S/C66H132N6O3/c1-7-13-19-25-31-37-43-52-67(53-44-38-32-26-20-14-8-2)58-49-64(73)70-61-71(65(74)50-59-68(54-45-39-33-27-21-15-9-3)55-46-40-34-28-22-16-10-4)63-72(62-70)66(75)51-60-69(56-47-41-35-29-23-17-11-5)57-48-42-36-30-24-18-12-6/h7-63H2,1-6H3. The van der Waals surface area contributed by atoms with Crippen molar-refractivity contribution in [3.05, 3.63) is 0 Å². The summed E-state index contributed by atoms with van der Waals surface area (Å²) < 4.78 is 0. The molecular formula is C66H132N6O3. The van der Waals surface area contributed by atoms with E-state index in [-0.39, 0.29) is 37.7 Å². The number of hydrogen-bond acceptors (Lipinski definition) is 6. The van der Waals surface area contributed by atoms with Gasteiger partial charge in [0.1, 0.15) is 0 Å². The van der Waals surface area contributed by atoms with Gasteiger partial charge in [-0.25, -0.2) is 0 Å². The third kappa shape index (κ3) is 42.9. The van der Waals surface area contributed by atoms with Crippen molar-refractivity contribution in [3.63, 3.8) is 0 Å². The monoisotopic (exact) mass is 1060 g/mol. The number of hydrogen-bond donors (Lipinski definition) is 0. The maximum absolute atomic E-state index is 14.4. The predicted molar refractivity (Wildman–Crippen MR) is 326 cm³/mol. The molecule has 1 aliphatic rings. The molecule has 1 aliphatic heterocycles. The van der Waals surface area contributed by atoms with E-state index in [1.54, 1.807) is 0 Å². The van der Waals surface area contributed by atoms with E-state index in [9.17, 15) is 14.4 Å². The van der Waals surface area contributed by atoms with E-state index in [2.05, 4.69) is 56.2 Å². The van der Waals surface area contributed by atoms with Gasteiger partial charge in [0.15, 0.2) is 0 Å². The molecule has 9 heteroatoms. The minimum atomic E-state index is 0.0773. The van der Waals surface area contributed by atoms with E-state index in [4.69, 9.17) is 0 Å². The molecule has 0 bridgehead atoms. The number of carbonyl (C=O) groups excluding carboxylic acids is 3. The van der Waals surface area contributed by atoms with Gasteiger partial charge < -0.3 is 29.4 Å². The molecule has 1 rings (SSSR count). The van der Waals surface area contributed by atoms with Gasteiger partial charge in [-0.3, -0.25) is 14.4 Å². The summed E-state index contributed by atoms with van der Waals surface area (Å²) in [5, 5.41) is 0. The Morgan fingerprint density at radius 2 is 0.373 bits per heavy atom. The molecule has 75 heavy (non-hydrogen) atoms. The zero-order valence-corrected chi connectivity index (χ0v) is 51.7. The number of nitrogens with zero attached hydrogens (tertiary/aromatic N) is 6. The summed E-state index contributed by atoms with van der Waals surface area (Å²) in [7, 11) is 0. The third-order valence-corrected chi connectivity index (χ3v) is 16.5. The van der Waals surface area contributed by atoms with Crippen molar-refractivity contribution in [2.24, 2.45) is 0 Å². The van der Waals surface area contributed by atoms with E-state index in [0.717, 1.165) is 58.9 Å². The molecule has 3 amide bonds. The van der Waals surface area contributed by atoms with Gasteiger partial charge in [0.2, 0.25) is 17.7 Å². The molecule has 0 aromatic rings. The van der Waals surface area contributed by atoms with Gasteiger partial charge in [-0.15, -0.1) is 0 Å². The average Bonchev–Trinajstić information content (AvgIpc) is 3.42. The van der Waals surface area contributed by atoms with Crippen LogP contribution in [0.5, 0.6) is 0 Å². The third-order valence-electron chi connectivity index (χ3n) is 16.5. The summed E-state index contributed by atoms with van der Waals surface area (Å²) in [4.78, 5) is 56.6. The zero-order chi connectivity index (χ0) is 54.5. The van der Waals surface area contributed by atoms with E-state index in [0.29, 0.717) is 19.3 Å². The molecule has 0 atom stereocenters. The predicted octanol–water partition coefficient (Wildman–Crippen LogP) is 17.9. The first kappa shape index (κ1) is 71.3. The Morgan fingerprint density at radius 1 is 0.227 bits per heavy atom. The molecule has 1 saturated heterocycles. The van der Waals surface area contributed by atoms with Crippen LogP contribution in [0.4, 0.5) is 0 Å². The fourth-order valence-electron chi connectivity index (χ4n) is 11.2. The molecule has 0 aromatic carbocycles. The van der Waals surface area contributed by atoms with Gasteiger partial charge >= 0.3 is 0 Å². The van der Waals surface area contributed by atoms with Gasteiger partial charge in [-0.2, -0.15) is 0 Å². The summed E-state index contributed by atoms with van der Waals surface area (Å²) in [6, 6.07) is 0. The van der Waals surface area contributed by atoms with Crippen molar-refractivity contribution in [1.29, 1.82) is 0 Å². The second-order valence-electron chi connectivity index (χ2n) is 23.7. The molecule has 0 radical (unpaired) electrons. The fourth-order valence-corrected chi connectivity index (χ4v) is 11.2. The van der Waals surface area contributed by atoms with Crippen molar-refractivity contribution < 1.29 is 14.4 Å². The first-order chi connectivity index (χ1) is 36.8. The van der Waals surface area contributed by atoms with Gasteiger partial charge in [-0.1, -0.05) is 273 Å². The lowest BCUT2D eigenvalue weighted by molar-refractivity contribution is -0.159. The van der Waals surface area contributed by atoms with Crippen LogP contribution in [0.15, 0.2) is 0 Å². The lowest BCUT2D eigenvalue weighted by Gasteiger charge is -2.43. The highest BCUT2D eigenvalue weighted by molar-refractivity contribution is 5.82. The molecule has 0 N–H and O–H groups in total. The Morgan fingerprint density at radius 3 is 0.533 bits per heavy atom. The maximum Gasteiger partial charge on any atom is 0.226 e. The van der Waals surface area contributed by atoms with E-state index < -0.39 is 0 Å². The highest BCUT2D eigenvalue weighted by atomic mass is 16.2. The van der Waals surface area contributed by atoms with Crippen LogP contribution in [0.25, 0.3) is 0 Å². The van der Waals surface area contributed by atoms with Crippen LogP contribution in [-0.2, 0) is 14.4 Å². The topological polar surface area (TPSA) is 70.7 Å². The molecule has 1 heterocycles. The van der Waals surface area contributed by atoms with Crippen LogP contribution in [0.2, 0.25) is 0 Å². The summed E-state index contributed by atoms with van der Waals surface area (Å²) in [6.07, 6.45) is 55.6. The maximum atomic E-state index is 14.4. The van der Waals surface area contributed by atoms with Crippen LogP contribution in [0.3, 0.4) is 0 Å². The second kappa shape index (κ2) is 54.3. The molecular weight excluding hydrogens is 925 g/mol. The summed E-state index contributed by atoms with van der Waals surface area (Å²) in [6.45, 7) is 23.1. The summed E-state index contributed by atoms with van der Waals surface area (Å²) in [5.74, 6) is 0.232. The quantitative estimate of drug-likeness (QED) is 0.0565. The highest BCUT2D eigenvalue weighted by Crippen LogP contribution is 2.18. The van der Waals surface area contributed by atoms with Gasteiger partial charge in [0, 0.05) is 38.9 Å². The van der Waals surface area contributed by atoms with Gasteiger partial charge in [0.25, 0.3) is 0 Å². The fraction of sp³-hybridized carbons (Fsp3) is 0.955. The molecule has 9 nitrogen and oxygen atoms in total. The van der Waals surface area contributed by atoms with Crippen molar-refractivity contribution in [2.75, 3.05) is 78.9 Å². The Hall–Kier alpha value is -1.71. The molecule has 1 fully saturated rings. The normalized spacial score (nSPS) is 13.2. The van der Waals surface area contributed by atoms with Crippen molar-refractivity contribution in [3.8, 4) is 0 Å².